The fraction of sp³-hybridized carbons (Fsp3) is 0.692. The number of aryl methyl sites for hydroxylation is 2. The molecule has 3 rings (SSSR count). The maximum absolute atomic E-state index is 11.9. The third-order valence-corrected chi connectivity index (χ3v) is 6.87. The van der Waals surface area contributed by atoms with Gasteiger partial charge in [0.1, 0.15) is 0 Å². The predicted molar refractivity (Wildman–Crippen MR) is 77.6 cm³/mol. The first-order valence-electron chi connectivity index (χ1n) is 6.99. The van der Waals surface area contributed by atoms with Crippen molar-refractivity contribution >= 4 is 27.1 Å². The Morgan fingerprint density at radius 1 is 1.40 bits per heavy atom. The molecule has 1 saturated heterocycles. The summed E-state index contributed by atoms with van der Waals surface area (Å²) in [6.45, 7) is 0.543. The average Bonchev–Trinajstić information content (AvgIpc) is 3.02. The van der Waals surface area contributed by atoms with Crippen LogP contribution in [0, 0.1) is 5.92 Å². The van der Waals surface area contributed by atoms with Gasteiger partial charge in [-0.15, -0.1) is 11.3 Å². The molecule has 1 aliphatic heterocycles. The van der Waals surface area contributed by atoms with Gasteiger partial charge in [-0.25, -0.2) is 13.4 Å². The summed E-state index contributed by atoms with van der Waals surface area (Å²) in [6.07, 6.45) is 4.63. The number of carbonyl (C=O) groups excluding carboxylic acids is 1. The highest BCUT2D eigenvalue weighted by atomic mass is 32.2. The quantitative estimate of drug-likeness (QED) is 0.889. The number of sulfone groups is 1. The average molecular weight is 314 g/mol. The molecular weight excluding hydrogens is 296 g/mol. The van der Waals surface area contributed by atoms with Crippen LogP contribution in [0.5, 0.6) is 0 Å². The highest BCUT2D eigenvalue weighted by molar-refractivity contribution is 7.91. The number of hydrogen-bond acceptors (Lipinski definition) is 5. The smallest absolute Gasteiger partial charge is 0.224 e. The minimum Gasteiger partial charge on any atom is -0.355 e. The zero-order valence-corrected chi connectivity index (χ0v) is 12.9. The van der Waals surface area contributed by atoms with Crippen LogP contribution >= 0.6 is 11.3 Å². The first-order valence-corrected chi connectivity index (χ1v) is 9.63. The number of nitrogens with zero attached hydrogens (tertiary/aromatic N) is 1. The number of fused-ring (bicyclic) bond motifs is 1. The molecule has 1 aromatic heterocycles. The number of amides is 1. The second kappa shape index (κ2) is 5.44. The van der Waals surface area contributed by atoms with Gasteiger partial charge in [0.25, 0.3) is 0 Å². The van der Waals surface area contributed by atoms with Crippen LogP contribution in [-0.4, -0.2) is 37.4 Å². The Kier molecular flexibility index (Phi) is 3.81. The third-order valence-electron chi connectivity index (χ3n) is 3.88. The highest BCUT2D eigenvalue weighted by Crippen LogP contribution is 2.27. The second-order valence-corrected chi connectivity index (χ2v) is 8.87. The summed E-state index contributed by atoms with van der Waals surface area (Å²) >= 11 is 1.75. The van der Waals surface area contributed by atoms with Gasteiger partial charge in [0.15, 0.2) is 9.84 Å². The molecule has 2 heterocycles. The molecule has 0 saturated carbocycles. The largest absolute Gasteiger partial charge is 0.355 e. The number of aromatic nitrogens is 1. The lowest BCUT2D eigenvalue weighted by atomic mass is 10.1. The van der Waals surface area contributed by atoms with Gasteiger partial charge in [-0.2, -0.15) is 0 Å². The van der Waals surface area contributed by atoms with Crippen molar-refractivity contribution in [2.24, 2.45) is 5.92 Å². The summed E-state index contributed by atoms with van der Waals surface area (Å²) in [4.78, 5) is 17.8. The Balaban J connectivity index is 1.46. The molecule has 1 fully saturated rings. The standard InChI is InChI=1S/C13H18N2O3S2/c16-13(9-5-7-20(17,18)8-9)14-6-4-12-15-10-2-1-3-11(10)19-12/h9H,1-8H2,(H,14,16). The van der Waals surface area contributed by atoms with E-state index in [-0.39, 0.29) is 23.3 Å². The Hall–Kier alpha value is -0.950. The molecule has 0 spiro atoms. The van der Waals surface area contributed by atoms with E-state index in [1.807, 2.05) is 0 Å². The van der Waals surface area contributed by atoms with E-state index in [9.17, 15) is 13.2 Å². The van der Waals surface area contributed by atoms with Crippen LogP contribution in [0.1, 0.15) is 28.4 Å². The zero-order valence-electron chi connectivity index (χ0n) is 11.2. The molecular formula is C13H18N2O3S2. The van der Waals surface area contributed by atoms with Crippen molar-refractivity contribution in [3.05, 3.63) is 15.6 Å². The van der Waals surface area contributed by atoms with Gasteiger partial charge in [0.2, 0.25) is 5.91 Å². The Morgan fingerprint density at radius 3 is 2.95 bits per heavy atom. The topological polar surface area (TPSA) is 76.1 Å². The molecule has 1 N–H and O–H groups in total. The van der Waals surface area contributed by atoms with E-state index in [4.69, 9.17) is 0 Å². The van der Waals surface area contributed by atoms with Crippen molar-refractivity contribution in [3.63, 3.8) is 0 Å². The van der Waals surface area contributed by atoms with E-state index in [2.05, 4.69) is 10.3 Å². The van der Waals surface area contributed by atoms with Crippen LogP contribution in [0.15, 0.2) is 0 Å². The lowest BCUT2D eigenvalue weighted by Gasteiger charge is -2.08. The van der Waals surface area contributed by atoms with Crippen LogP contribution in [0.3, 0.4) is 0 Å². The molecule has 7 heteroatoms. The Labute approximate surface area is 122 Å². The summed E-state index contributed by atoms with van der Waals surface area (Å²) in [5, 5.41) is 3.92. The van der Waals surface area contributed by atoms with Crippen molar-refractivity contribution in [2.75, 3.05) is 18.1 Å². The monoisotopic (exact) mass is 314 g/mol. The molecule has 110 valence electrons. The third kappa shape index (κ3) is 3.03. The molecule has 0 radical (unpaired) electrons. The highest BCUT2D eigenvalue weighted by Gasteiger charge is 2.32. The molecule has 0 aromatic carbocycles. The predicted octanol–water partition coefficient (Wildman–Crippen LogP) is 0.725. The molecule has 1 atom stereocenters. The van der Waals surface area contributed by atoms with E-state index >= 15 is 0 Å². The van der Waals surface area contributed by atoms with Crippen LogP contribution < -0.4 is 5.32 Å². The summed E-state index contributed by atoms with van der Waals surface area (Å²) in [5.74, 6) is -0.342. The van der Waals surface area contributed by atoms with Crippen molar-refractivity contribution < 1.29 is 13.2 Å². The van der Waals surface area contributed by atoms with Crippen molar-refractivity contribution in [1.29, 1.82) is 0 Å². The van der Waals surface area contributed by atoms with Crippen molar-refractivity contribution in [2.45, 2.75) is 32.1 Å². The molecule has 2 aliphatic rings. The molecule has 5 nitrogen and oxygen atoms in total. The SMILES string of the molecule is O=C(NCCc1nc2c(s1)CCC2)C1CCS(=O)(=O)C1. The van der Waals surface area contributed by atoms with Gasteiger partial charge in [-0.1, -0.05) is 0 Å². The van der Waals surface area contributed by atoms with Gasteiger partial charge in [-0.05, 0) is 25.7 Å². The van der Waals surface area contributed by atoms with Crippen molar-refractivity contribution in [1.82, 2.24) is 10.3 Å². The number of nitrogens with one attached hydrogen (secondary N) is 1. The van der Waals surface area contributed by atoms with E-state index < -0.39 is 9.84 Å². The lowest BCUT2D eigenvalue weighted by Crippen LogP contribution is -2.32. The maximum atomic E-state index is 11.9. The van der Waals surface area contributed by atoms with Crippen LogP contribution in [0.4, 0.5) is 0 Å². The van der Waals surface area contributed by atoms with Gasteiger partial charge in [0.05, 0.1) is 28.1 Å². The van der Waals surface area contributed by atoms with Gasteiger partial charge < -0.3 is 5.32 Å². The number of hydrogen-bond donors (Lipinski definition) is 1. The Bertz CT molecular complexity index is 600. The summed E-state index contributed by atoms with van der Waals surface area (Å²) in [7, 11) is -2.99. The van der Waals surface area contributed by atoms with Crippen molar-refractivity contribution in [3.8, 4) is 0 Å². The summed E-state index contributed by atoms with van der Waals surface area (Å²) < 4.78 is 22.7. The van der Waals surface area contributed by atoms with Crippen LogP contribution in [0.25, 0.3) is 0 Å². The molecule has 20 heavy (non-hydrogen) atoms. The van der Waals surface area contributed by atoms with E-state index in [0.717, 1.165) is 24.3 Å². The fourth-order valence-electron chi connectivity index (χ4n) is 2.79. The van der Waals surface area contributed by atoms with Gasteiger partial charge >= 0.3 is 0 Å². The lowest BCUT2D eigenvalue weighted by molar-refractivity contribution is -0.124. The first kappa shape index (κ1) is 14.0. The second-order valence-electron chi connectivity index (χ2n) is 5.47. The van der Waals surface area contributed by atoms with E-state index in [1.54, 1.807) is 11.3 Å². The molecule has 0 bridgehead atoms. The Morgan fingerprint density at radius 2 is 2.25 bits per heavy atom. The first-order chi connectivity index (χ1) is 9.53. The molecule has 1 unspecified atom stereocenters. The number of carbonyl (C=O) groups is 1. The van der Waals surface area contributed by atoms with Crippen LogP contribution in [-0.2, 0) is 33.9 Å². The van der Waals surface area contributed by atoms with E-state index in [1.165, 1.54) is 17.0 Å². The minimum atomic E-state index is -2.99. The number of rotatable bonds is 4. The number of thiazole rings is 1. The molecule has 1 aromatic rings. The fourth-order valence-corrected chi connectivity index (χ4v) is 5.69. The molecule has 1 amide bonds. The zero-order chi connectivity index (χ0) is 14.2. The maximum Gasteiger partial charge on any atom is 0.224 e. The van der Waals surface area contributed by atoms with Crippen LogP contribution in [0.2, 0.25) is 0 Å². The molecule has 1 aliphatic carbocycles. The normalized spacial score (nSPS) is 23.7. The summed E-state index contributed by atoms with van der Waals surface area (Å²) in [6, 6.07) is 0. The van der Waals surface area contributed by atoms with E-state index in [0.29, 0.717) is 13.0 Å². The summed E-state index contributed by atoms with van der Waals surface area (Å²) in [5.41, 5.74) is 1.23. The minimum absolute atomic E-state index is 0.00435. The van der Waals surface area contributed by atoms with Gasteiger partial charge in [-0.3, -0.25) is 4.79 Å². The van der Waals surface area contributed by atoms with Gasteiger partial charge in [0, 0.05) is 17.8 Å².